The van der Waals surface area contributed by atoms with Gasteiger partial charge in [0.05, 0.1) is 28.1 Å². The number of H-pyrrole nitrogens is 1. The first kappa shape index (κ1) is 18.1. The van der Waals surface area contributed by atoms with Crippen LogP contribution < -0.4 is 0 Å². The van der Waals surface area contributed by atoms with Gasteiger partial charge in [0.2, 0.25) is 0 Å². The fourth-order valence-electron chi connectivity index (χ4n) is 3.53. The Balaban J connectivity index is 1.64. The van der Waals surface area contributed by atoms with Gasteiger partial charge in [-0.2, -0.15) is 0 Å². The summed E-state index contributed by atoms with van der Waals surface area (Å²) in [7, 11) is 0. The van der Waals surface area contributed by atoms with Crippen LogP contribution >= 0.6 is 0 Å². The summed E-state index contributed by atoms with van der Waals surface area (Å²) in [6.45, 7) is 1.96. The number of halogens is 1. The molecule has 0 aliphatic carbocycles. The van der Waals surface area contributed by atoms with Crippen LogP contribution in [0.4, 0.5) is 4.39 Å². The van der Waals surface area contributed by atoms with E-state index in [4.69, 9.17) is 4.98 Å². The smallest absolute Gasteiger partial charge is 0.123 e. The molecular weight excluding hydrogens is 377 g/mol. The second-order valence-corrected chi connectivity index (χ2v) is 7.14. The van der Waals surface area contributed by atoms with Gasteiger partial charge in [-0.3, -0.25) is 15.0 Å². The van der Waals surface area contributed by atoms with Crippen molar-refractivity contribution in [3.8, 4) is 22.6 Å². The first-order valence-corrected chi connectivity index (χ1v) is 9.64. The molecule has 3 aromatic heterocycles. The van der Waals surface area contributed by atoms with Crippen molar-refractivity contribution < 1.29 is 4.39 Å². The van der Waals surface area contributed by atoms with Crippen LogP contribution in [0.5, 0.6) is 0 Å². The first-order chi connectivity index (χ1) is 14.7. The number of aromatic nitrogens is 5. The van der Waals surface area contributed by atoms with Crippen molar-refractivity contribution in [1.82, 2.24) is 24.9 Å². The Labute approximate surface area is 172 Å². The van der Waals surface area contributed by atoms with E-state index in [0.717, 1.165) is 50.8 Å². The molecule has 0 aliphatic rings. The number of nitrogens with zero attached hydrogens (tertiary/aromatic N) is 4. The van der Waals surface area contributed by atoms with Gasteiger partial charge in [0.15, 0.2) is 0 Å². The Kier molecular flexibility index (Phi) is 4.52. The minimum absolute atomic E-state index is 0.257. The van der Waals surface area contributed by atoms with Crippen LogP contribution in [0.2, 0.25) is 0 Å². The Morgan fingerprint density at radius 1 is 0.867 bits per heavy atom. The maximum atomic E-state index is 13.6. The normalized spacial score (nSPS) is 11.1. The topological polar surface area (TPSA) is 67.3 Å². The third-order valence-electron chi connectivity index (χ3n) is 4.90. The van der Waals surface area contributed by atoms with Crippen molar-refractivity contribution in [1.29, 1.82) is 0 Å². The molecule has 3 heterocycles. The molecule has 2 aromatic carbocycles. The highest BCUT2D eigenvalue weighted by molar-refractivity contribution is 5.84. The molecule has 0 atom stereocenters. The summed E-state index contributed by atoms with van der Waals surface area (Å²) in [6, 6.07) is 18.3. The second kappa shape index (κ2) is 7.48. The lowest BCUT2D eigenvalue weighted by atomic mass is 10.1. The molecule has 0 bridgehead atoms. The minimum Gasteiger partial charge on any atom is -0.340 e. The molecule has 0 fully saturated rings. The third-order valence-corrected chi connectivity index (χ3v) is 4.90. The predicted octanol–water partition coefficient (Wildman–Crippen LogP) is 5.12. The number of hydrogen-bond donors (Lipinski definition) is 1. The number of pyridine rings is 1. The maximum absolute atomic E-state index is 13.6. The van der Waals surface area contributed by atoms with E-state index in [1.165, 1.54) is 12.1 Å². The van der Waals surface area contributed by atoms with Gasteiger partial charge in [-0.05, 0) is 48.9 Å². The number of aromatic amines is 1. The van der Waals surface area contributed by atoms with E-state index < -0.39 is 0 Å². The summed E-state index contributed by atoms with van der Waals surface area (Å²) < 4.78 is 13.6. The average Bonchev–Trinajstić information content (AvgIpc) is 3.17. The summed E-state index contributed by atoms with van der Waals surface area (Å²) in [5.41, 5.74) is 6.73. The van der Waals surface area contributed by atoms with Crippen molar-refractivity contribution in [3.05, 3.63) is 96.0 Å². The lowest BCUT2D eigenvalue weighted by Gasteiger charge is -2.04. The summed E-state index contributed by atoms with van der Waals surface area (Å²) in [5, 5.41) is 0. The Bertz CT molecular complexity index is 1360. The number of rotatable bonds is 4. The highest BCUT2D eigenvalue weighted by atomic mass is 19.1. The lowest BCUT2D eigenvalue weighted by Crippen LogP contribution is -1.92. The monoisotopic (exact) mass is 395 g/mol. The molecule has 0 radical (unpaired) electrons. The van der Waals surface area contributed by atoms with Crippen LogP contribution in [-0.2, 0) is 6.42 Å². The summed E-state index contributed by atoms with van der Waals surface area (Å²) in [4.78, 5) is 21.7. The maximum Gasteiger partial charge on any atom is 0.123 e. The van der Waals surface area contributed by atoms with Crippen LogP contribution in [0.1, 0.15) is 17.1 Å². The number of imidazole rings is 1. The zero-order chi connectivity index (χ0) is 20.5. The molecule has 146 valence electrons. The molecule has 0 spiro atoms. The number of fused-ring (bicyclic) bond motifs is 1. The van der Waals surface area contributed by atoms with E-state index in [2.05, 4.69) is 19.9 Å². The van der Waals surface area contributed by atoms with Crippen molar-refractivity contribution in [2.24, 2.45) is 0 Å². The summed E-state index contributed by atoms with van der Waals surface area (Å²) in [6.07, 6.45) is 3.84. The summed E-state index contributed by atoms with van der Waals surface area (Å²) >= 11 is 0. The van der Waals surface area contributed by atoms with Crippen LogP contribution in [-0.4, -0.2) is 24.9 Å². The summed E-state index contributed by atoms with van der Waals surface area (Å²) in [5.74, 6) is 0.487. The van der Waals surface area contributed by atoms with E-state index in [-0.39, 0.29) is 5.82 Å². The molecule has 0 unspecified atom stereocenters. The molecule has 1 N–H and O–H groups in total. The molecular formula is C24H18FN5. The standard InChI is InChI=1S/C24H18FN5/c1-15-4-2-7-20(28-15)24-23(17-8-9-19-21(14-17)27-11-10-26-19)29-22(30-24)13-16-5-3-6-18(25)12-16/h2-12,14H,13H2,1H3,(H,29,30). The third kappa shape index (κ3) is 3.55. The van der Waals surface area contributed by atoms with E-state index in [9.17, 15) is 4.39 Å². The zero-order valence-corrected chi connectivity index (χ0v) is 16.3. The fraction of sp³-hybridized carbons (Fsp3) is 0.0833. The quantitative estimate of drug-likeness (QED) is 0.459. The van der Waals surface area contributed by atoms with Gasteiger partial charge in [0.25, 0.3) is 0 Å². The van der Waals surface area contributed by atoms with E-state index in [1.54, 1.807) is 18.5 Å². The van der Waals surface area contributed by atoms with Crippen LogP contribution in [0.25, 0.3) is 33.7 Å². The molecule has 0 amide bonds. The van der Waals surface area contributed by atoms with Crippen molar-refractivity contribution in [3.63, 3.8) is 0 Å². The largest absolute Gasteiger partial charge is 0.340 e. The SMILES string of the molecule is Cc1cccc(-c2[nH]c(Cc3cccc(F)c3)nc2-c2ccc3nccnc3c2)n1. The van der Waals surface area contributed by atoms with Gasteiger partial charge in [-0.15, -0.1) is 0 Å². The van der Waals surface area contributed by atoms with Gasteiger partial charge in [0.1, 0.15) is 11.6 Å². The van der Waals surface area contributed by atoms with E-state index in [0.29, 0.717) is 6.42 Å². The van der Waals surface area contributed by atoms with Gasteiger partial charge in [-0.25, -0.2) is 9.37 Å². The van der Waals surface area contributed by atoms with Crippen LogP contribution in [0, 0.1) is 12.7 Å². The van der Waals surface area contributed by atoms with Gasteiger partial charge < -0.3 is 4.98 Å². The average molecular weight is 395 g/mol. The van der Waals surface area contributed by atoms with Crippen LogP contribution in [0.3, 0.4) is 0 Å². The molecule has 0 saturated carbocycles. The molecule has 6 heteroatoms. The van der Waals surface area contributed by atoms with Gasteiger partial charge in [0, 0.05) is 30.1 Å². The highest BCUT2D eigenvalue weighted by Crippen LogP contribution is 2.31. The predicted molar refractivity (Wildman–Crippen MR) is 114 cm³/mol. The van der Waals surface area contributed by atoms with E-state index in [1.807, 2.05) is 49.4 Å². The van der Waals surface area contributed by atoms with Gasteiger partial charge >= 0.3 is 0 Å². The van der Waals surface area contributed by atoms with Gasteiger partial charge in [-0.1, -0.05) is 24.3 Å². The number of nitrogens with one attached hydrogen (secondary N) is 1. The Morgan fingerprint density at radius 3 is 2.53 bits per heavy atom. The van der Waals surface area contributed by atoms with Crippen LogP contribution in [0.15, 0.2) is 73.1 Å². The van der Waals surface area contributed by atoms with Crippen molar-refractivity contribution in [2.75, 3.05) is 0 Å². The van der Waals surface area contributed by atoms with Crippen molar-refractivity contribution >= 4 is 11.0 Å². The van der Waals surface area contributed by atoms with E-state index >= 15 is 0 Å². The molecule has 0 saturated heterocycles. The number of hydrogen-bond acceptors (Lipinski definition) is 4. The molecule has 5 aromatic rings. The van der Waals surface area contributed by atoms with Crippen molar-refractivity contribution in [2.45, 2.75) is 13.3 Å². The second-order valence-electron chi connectivity index (χ2n) is 7.14. The number of aryl methyl sites for hydroxylation is 1. The Hall–Kier alpha value is -3.93. The number of benzene rings is 2. The lowest BCUT2D eigenvalue weighted by molar-refractivity contribution is 0.626. The molecule has 5 nitrogen and oxygen atoms in total. The minimum atomic E-state index is -0.257. The fourth-order valence-corrected chi connectivity index (χ4v) is 3.53. The highest BCUT2D eigenvalue weighted by Gasteiger charge is 2.16. The molecule has 0 aliphatic heterocycles. The molecule has 5 rings (SSSR count). The Morgan fingerprint density at radius 2 is 1.70 bits per heavy atom. The first-order valence-electron chi connectivity index (χ1n) is 9.64. The zero-order valence-electron chi connectivity index (χ0n) is 16.3. The molecule has 30 heavy (non-hydrogen) atoms.